The molecular formula is C17H19NO3. The van der Waals surface area contributed by atoms with Gasteiger partial charge in [-0.15, -0.1) is 0 Å². The summed E-state index contributed by atoms with van der Waals surface area (Å²) in [6, 6.07) is 13.6. The molecule has 2 atom stereocenters. The van der Waals surface area contributed by atoms with Gasteiger partial charge in [-0.05, 0) is 22.8 Å². The molecule has 0 aromatic heterocycles. The highest BCUT2D eigenvalue weighted by Crippen LogP contribution is 2.17. The Bertz CT molecular complexity index is 635. The van der Waals surface area contributed by atoms with Gasteiger partial charge in [0.05, 0.1) is 13.2 Å². The van der Waals surface area contributed by atoms with Crippen LogP contribution in [0.15, 0.2) is 42.5 Å². The van der Waals surface area contributed by atoms with E-state index in [1.54, 1.807) is 0 Å². The Morgan fingerprint density at radius 2 is 2.10 bits per heavy atom. The largest absolute Gasteiger partial charge is 0.459 e. The predicted octanol–water partition coefficient (Wildman–Crippen LogP) is 2.04. The van der Waals surface area contributed by atoms with Gasteiger partial charge in [-0.25, -0.2) is 0 Å². The van der Waals surface area contributed by atoms with Crippen molar-refractivity contribution in [2.75, 3.05) is 13.2 Å². The third kappa shape index (κ3) is 3.40. The van der Waals surface area contributed by atoms with E-state index in [-0.39, 0.29) is 12.1 Å². The van der Waals surface area contributed by atoms with Crippen molar-refractivity contribution in [3.05, 3.63) is 48.0 Å². The number of rotatable bonds is 4. The van der Waals surface area contributed by atoms with E-state index in [2.05, 4.69) is 18.2 Å². The Morgan fingerprint density at radius 1 is 1.29 bits per heavy atom. The van der Waals surface area contributed by atoms with Crippen molar-refractivity contribution in [3.8, 4) is 0 Å². The summed E-state index contributed by atoms with van der Waals surface area (Å²) in [6.07, 6.45) is 1.10. The van der Waals surface area contributed by atoms with E-state index in [1.807, 2.05) is 24.3 Å². The second-order valence-corrected chi connectivity index (χ2v) is 5.41. The van der Waals surface area contributed by atoms with Gasteiger partial charge in [0.1, 0.15) is 12.1 Å². The number of benzene rings is 2. The van der Waals surface area contributed by atoms with Gasteiger partial charge >= 0.3 is 5.97 Å². The predicted molar refractivity (Wildman–Crippen MR) is 80.9 cm³/mol. The molecule has 2 aromatic carbocycles. The molecule has 0 amide bonds. The van der Waals surface area contributed by atoms with Crippen LogP contribution in [0.1, 0.15) is 12.0 Å². The van der Waals surface area contributed by atoms with Crippen LogP contribution in [-0.4, -0.2) is 31.3 Å². The molecule has 21 heavy (non-hydrogen) atoms. The minimum atomic E-state index is -0.633. The average molecular weight is 285 g/mol. The standard InChI is InChI=1S/C17H19NO3/c18-16(17(19)21-15-7-8-20-11-15)10-12-5-6-13-3-1-2-4-14(13)9-12/h1-6,9,15-16H,7-8,10-11,18H2. The van der Waals surface area contributed by atoms with Crippen molar-refractivity contribution in [2.45, 2.75) is 25.0 Å². The molecule has 110 valence electrons. The fraction of sp³-hybridized carbons (Fsp3) is 0.353. The molecule has 3 rings (SSSR count). The number of ether oxygens (including phenoxy) is 2. The summed E-state index contributed by atoms with van der Waals surface area (Å²) in [4.78, 5) is 12.0. The Balaban J connectivity index is 1.64. The van der Waals surface area contributed by atoms with E-state index in [1.165, 1.54) is 5.39 Å². The highest BCUT2D eigenvalue weighted by Gasteiger charge is 2.23. The molecule has 4 nitrogen and oxygen atoms in total. The van der Waals surface area contributed by atoms with E-state index >= 15 is 0 Å². The lowest BCUT2D eigenvalue weighted by atomic mass is 10.0. The minimum absolute atomic E-state index is 0.139. The van der Waals surface area contributed by atoms with Crippen LogP contribution in [0.5, 0.6) is 0 Å². The molecule has 2 unspecified atom stereocenters. The first-order valence-corrected chi connectivity index (χ1v) is 7.24. The van der Waals surface area contributed by atoms with E-state index in [0.29, 0.717) is 19.6 Å². The molecule has 0 aliphatic carbocycles. The van der Waals surface area contributed by atoms with E-state index in [4.69, 9.17) is 15.2 Å². The van der Waals surface area contributed by atoms with Crippen LogP contribution >= 0.6 is 0 Å². The molecule has 1 fully saturated rings. The molecule has 2 aromatic rings. The van der Waals surface area contributed by atoms with E-state index in [0.717, 1.165) is 17.4 Å². The van der Waals surface area contributed by atoms with Crippen molar-refractivity contribution >= 4 is 16.7 Å². The Morgan fingerprint density at radius 3 is 2.86 bits per heavy atom. The van der Waals surface area contributed by atoms with Crippen LogP contribution in [0, 0.1) is 0 Å². The molecule has 1 aliphatic heterocycles. The normalized spacial score (nSPS) is 19.6. The molecule has 1 aliphatic rings. The number of carbonyl (C=O) groups is 1. The van der Waals surface area contributed by atoms with Gasteiger partial charge in [0.2, 0.25) is 0 Å². The highest BCUT2D eigenvalue weighted by molar-refractivity contribution is 5.83. The summed E-state index contributed by atoms with van der Waals surface area (Å²) in [5, 5.41) is 2.33. The van der Waals surface area contributed by atoms with Crippen LogP contribution in [0.3, 0.4) is 0 Å². The SMILES string of the molecule is NC(Cc1ccc2ccccc2c1)C(=O)OC1CCOC1. The summed E-state index contributed by atoms with van der Waals surface area (Å²) in [6.45, 7) is 1.13. The number of hydrogen-bond donors (Lipinski definition) is 1. The maximum absolute atomic E-state index is 12.0. The summed E-state index contributed by atoms with van der Waals surface area (Å²) in [7, 11) is 0. The molecule has 2 N–H and O–H groups in total. The fourth-order valence-electron chi connectivity index (χ4n) is 2.56. The zero-order valence-electron chi connectivity index (χ0n) is 11.8. The first-order valence-electron chi connectivity index (χ1n) is 7.24. The van der Waals surface area contributed by atoms with Crippen LogP contribution in [0.25, 0.3) is 10.8 Å². The van der Waals surface area contributed by atoms with Gasteiger partial charge in [-0.1, -0.05) is 42.5 Å². The molecule has 4 heteroatoms. The third-order valence-corrected chi connectivity index (χ3v) is 3.74. The average Bonchev–Trinajstić information content (AvgIpc) is 3.00. The lowest BCUT2D eigenvalue weighted by Gasteiger charge is -2.15. The monoisotopic (exact) mass is 285 g/mol. The smallest absolute Gasteiger partial charge is 0.323 e. The summed E-state index contributed by atoms with van der Waals surface area (Å²) in [5.41, 5.74) is 7.00. The Labute approximate surface area is 123 Å². The quantitative estimate of drug-likeness (QED) is 0.873. The van der Waals surface area contributed by atoms with Crippen molar-refractivity contribution < 1.29 is 14.3 Å². The first kappa shape index (κ1) is 14.0. The maximum atomic E-state index is 12.0. The molecule has 1 heterocycles. The molecule has 0 bridgehead atoms. The minimum Gasteiger partial charge on any atom is -0.459 e. The molecule has 0 saturated carbocycles. The summed E-state index contributed by atoms with van der Waals surface area (Å²) >= 11 is 0. The maximum Gasteiger partial charge on any atom is 0.323 e. The van der Waals surface area contributed by atoms with Gasteiger partial charge in [0.15, 0.2) is 0 Å². The van der Waals surface area contributed by atoms with Crippen molar-refractivity contribution in [3.63, 3.8) is 0 Å². The van der Waals surface area contributed by atoms with Gasteiger partial charge in [0, 0.05) is 6.42 Å². The van der Waals surface area contributed by atoms with Gasteiger partial charge in [0.25, 0.3) is 0 Å². The molecular weight excluding hydrogens is 266 g/mol. The van der Waals surface area contributed by atoms with Crippen molar-refractivity contribution in [1.29, 1.82) is 0 Å². The highest BCUT2D eigenvalue weighted by atomic mass is 16.6. The molecule has 0 radical (unpaired) electrons. The molecule has 0 spiro atoms. The van der Waals surface area contributed by atoms with E-state index in [9.17, 15) is 4.79 Å². The Kier molecular flexibility index (Phi) is 4.18. The summed E-state index contributed by atoms with van der Waals surface area (Å²) in [5.74, 6) is -0.348. The zero-order valence-corrected chi connectivity index (χ0v) is 11.8. The lowest BCUT2D eigenvalue weighted by Crippen LogP contribution is -2.36. The number of fused-ring (bicyclic) bond motifs is 1. The second kappa shape index (κ2) is 6.24. The van der Waals surface area contributed by atoms with Gasteiger partial charge in [-0.3, -0.25) is 4.79 Å². The van der Waals surface area contributed by atoms with Gasteiger partial charge < -0.3 is 15.2 Å². The van der Waals surface area contributed by atoms with Crippen LogP contribution in [-0.2, 0) is 20.7 Å². The topological polar surface area (TPSA) is 61.6 Å². The van der Waals surface area contributed by atoms with Crippen molar-refractivity contribution in [2.24, 2.45) is 5.73 Å². The number of esters is 1. The Hall–Kier alpha value is -1.91. The van der Waals surface area contributed by atoms with Crippen LogP contribution in [0.2, 0.25) is 0 Å². The fourth-order valence-corrected chi connectivity index (χ4v) is 2.56. The van der Waals surface area contributed by atoms with Crippen molar-refractivity contribution in [1.82, 2.24) is 0 Å². The number of nitrogens with two attached hydrogens (primary N) is 1. The summed E-state index contributed by atoms with van der Waals surface area (Å²) < 4.78 is 10.5. The first-order chi connectivity index (χ1) is 10.2. The third-order valence-electron chi connectivity index (χ3n) is 3.74. The number of carbonyl (C=O) groups excluding carboxylic acids is 1. The number of hydrogen-bond acceptors (Lipinski definition) is 4. The van der Waals surface area contributed by atoms with Gasteiger partial charge in [-0.2, -0.15) is 0 Å². The van der Waals surface area contributed by atoms with Crippen LogP contribution in [0.4, 0.5) is 0 Å². The second-order valence-electron chi connectivity index (χ2n) is 5.41. The van der Waals surface area contributed by atoms with Crippen LogP contribution < -0.4 is 5.73 Å². The lowest BCUT2D eigenvalue weighted by molar-refractivity contribution is -0.150. The zero-order chi connectivity index (χ0) is 14.7. The van der Waals surface area contributed by atoms with E-state index < -0.39 is 6.04 Å². The molecule has 1 saturated heterocycles.